The lowest BCUT2D eigenvalue weighted by molar-refractivity contribution is -0.130. The molecule has 1 saturated heterocycles. The Kier molecular flexibility index (Phi) is 5.28. The molecule has 0 aromatic heterocycles. The number of benzene rings is 1. The molecule has 0 bridgehead atoms. The summed E-state index contributed by atoms with van der Waals surface area (Å²) in [4.78, 5) is 14.1. The van der Waals surface area contributed by atoms with Gasteiger partial charge in [0.2, 0.25) is 5.91 Å². The maximum Gasteiger partial charge on any atom is 0.227 e. The quantitative estimate of drug-likeness (QED) is 0.840. The molecule has 1 unspecified atom stereocenters. The van der Waals surface area contributed by atoms with Gasteiger partial charge in [0.25, 0.3) is 0 Å². The number of hydrogen-bond donors (Lipinski definition) is 0. The summed E-state index contributed by atoms with van der Waals surface area (Å²) in [5, 5.41) is 0. The number of rotatable bonds is 4. The van der Waals surface area contributed by atoms with Gasteiger partial charge in [-0.2, -0.15) is 0 Å². The summed E-state index contributed by atoms with van der Waals surface area (Å²) in [5.74, 6) is 0.985. The highest BCUT2D eigenvalue weighted by Crippen LogP contribution is 2.32. The Labute approximate surface area is 145 Å². The Morgan fingerprint density at radius 2 is 1.75 bits per heavy atom. The predicted octanol–water partition coefficient (Wildman–Crippen LogP) is 2.92. The van der Waals surface area contributed by atoms with Gasteiger partial charge in [0, 0.05) is 13.1 Å². The molecule has 0 N–H and O–H groups in total. The molecule has 4 nitrogen and oxygen atoms in total. The first-order chi connectivity index (χ1) is 11.4. The molecule has 0 radical (unpaired) electrons. The van der Waals surface area contributed by atoms with Crippen molar-refractivity contribution in [3.63, 3.8) is 0 Å². The fourth-order valence-electron chi connectivity index (χ4n) is 3.93. The van der Waals surface area contributed by atoms with Gasteiger partial charge in [-0.15, -0.1) is 0 Å². The fraction of sp³-hybridized carbons (Fsp3) is 0.632. The third-order valence-corrected chi connectivity index (χ3v) is 7.31. The molecule has 24 heavy (non-hydrogen) atoms. The van der Waals surface area contributed by atoms with Crippen LogP contribution in [0, 0.1) is 0 Å². The van der Waals surface area contributed by atoms with E-state index < -0.39 is 9.84 Å². The Hall–Kier alpha value is -1.36. The average molecular weight is 349 g/mol. The molecule has 1 aliphatic heterocycles. The number of carbonyl (C=O) groups is 1. The Morgan fingerprint density at radius 3 is 2.33 bits per heavy atom. The van der Waals surface area contributed by atoms with Crippen molar-refractivity contribution in [2.45, 2.75) is 56.9 Å². The molecule has 5 heteroatoms. The maximum absolute atomic E-state index is 12.4. The first kappa shape index (κ1) is 17.5. The average Bonchev–Trinajstić information content (AvgIpc) is 2.95. The van der Waals surface area contributed by atoms with E-state index in [2.05, 4.69) is 24.3 Å². The van der Waals surface area contributed by atoms with Gasteiger partial charge in [0.15, 0.2) is 9.84 Å². The van der Waals surface area contributed by atoms with Crippen molar-refractivity contribution in [2.24, 2.45) is 0 Å². The van der Waals surface area contributed by atoms with E-state index in [1.807, 2.05) is 0 Å². The van der Waals surface area contributed by atoms with Gasteiger partial charge in [-0.05, 0) is 36.3 Å². The number of nitrogens with zero attached hydrogens (tertiary/aromatic N) is 1. The summed E-state index contributed by atoms with van der Waals surface area (Å²) in [6.07, 6.45) is 7.45. The Morgan fingerprint density at radius 1 is 1.08 bits per heavy atom. The SMILES string of the molecule is CN(C(=O)Cc1ccc(C2CCCCC2)cc1)C1CCS(=O)(=O)C1. The number of hydrogen-bond acceptors (Lipinski definition) is 3. The first-order valence-corrected chi connectivity index (χ1v) is 10.8. The monoisotopic (exact) mass is 349 g/mol. The van der Waals surface area contributed by atoms with Crippen LogP contribution in [0.5, 0.6) is 0 Å². The standard InChI is InChI=1S/C19H27NO3S/c1-20(18-11-12-24(22,23)14-18)19(21)13-15-7-9-17(10-8-15)16-5-3-2-4-6-16/h7-10,16,18H,2-6,11-14H2,1H3. The van der Waals surface area contributed by atoms with Crippen LogP contribution >= 0.6 is 0 Å². The summed E-state index contributed by atoms with van der Waals surface area (Å²) in [7, 11) is -1.23. The van der Waals surface area contributed by atoms with E-state index in [1.54, 1.807) is 11.9 Å². The van der Waals surface area contributed by atoms with Gasteiger partial charge in [-0.25, -0.2) is 8.42 Å². The topological polar surface area (TPSA) is 54.5 Å². The molecule has 1 saturated carbocycles. The molecule has 2 fully saturated rings. The number of likely N-dealkylation sites (N-methyl/N-ethyl adjacent to an activating group) is 1. The van der Waals surface area contributed by atoms with Crippen LogP contribution in [0.4, 0.5) is 0 Å². The van der Waals surface area contributed by atoms with E-state index in [1.165, 1.54) is 37.7 Å². The molecule has 1 aromatic rings. The minimum atomic E-state index is -2.96. The molecule has 1 amide bonds. The van der Waals surface area contributed by atoms with Gasteiger partial charge in [0.05, 0.1) is 17.9 Å². The van der Waals surface area contributed by atoms with E-state index >= 15 is 0 Å². The lowest BCUT2D eigenvalue weighted by Crippen LogP contribution is -2.38. The van der Waals surface area contributed by atoms with Crippen LogP contribution in [0.15, 0.2) is 24.3 Å². The highest BCUT2D eigenvalue weighted by Gasteiger charge is 2.32. The van der Waals surface area contributed by atoms with Crippen LogP contribution in [0.1, 0.15) is 55.6 Å². The van der Waals surface area contributed by atoms with Crippen LogP contribution in [-0.2, 0) is 21.1 Å². The van der Waals surface area contributed by atoms with Crippen LogP contribution in [0.2, 0.25) is 0 Å². The minimum Gasteiger partial charge on any atom is -0.341 e. The largest absolute Gasteiger partial charge is 0.341 e. The minimum absolute atomic E-state index is 0.00233. The molecule has 1 atom stereocenters. The second-order valence-electron chi connectivity index (χ2n) is 7.31. The third-order valence-electron chi connectivity index (χ3n) is 5.56. The van der Waals surface area contributed by atoms with Crippen molar-refractivity contribution in [3.8, 4) is 0 Å². The van der Waals surface area contributed by atoms with E-state index in [-0.39, 0.29) is 23.5 Å². The molecule has 1 heterocycles. The Bertz CT molecular complexity index is 675. The molecule has 0 spiro atoms. The van der Waals surface area contributed by atoms with Gasteiger partial charge in [0.1, 0.15) is 0 Å². The van der Waals surface area contributed by atoms with Gasteiger partial charge in [-0.1, -0.05) is 43.5 Å². The summed E-state index contributed by atoms with van der Waals surface area (Å²) in [6.45, 7) is 0. The number of sulfone groups is 1. The molecule has 132 valence electrons. The second-order valence-corrected chi connectivity index (χ2v) is 9.54. The molecule has 3 rings (SSSR count). The van der Waals surface area contributed by atoms with Gasteiger partial charge in [-0.3, -0.25) is 4.79 Å². The van der Waals surface area contributed by atoms with Crippen molar-refractivity contribution in [1.29, 1.82) is 0 Å². The number of amides is 1. The number of carbonyl (C=O) groups excluding carboxylic acids is 1. The van der Waals surface area contributed by atoms with E-state index in [4.69, 9.17) is 0 Å². The van der Waals surface area contributed by atoms with Gasteiger partial charge >= 0.3 is 0 Å². The zero-order chi connectivity index (χ0) is 17.2. The highest BCUT2D eigenvalue weighted by molar-refractivity contribution is 7.91. The van der Waals surface area contributed by atoms with E-state index in [0.29, 0.717) is 18.8 Å². The predicted molar refractivity (Wildman–Crippen MR) is 95.8 cm³/mol. The zero-order valence-corrected chi connectivity index (χ0v) is 15.2. The summed E-state index contributed by atoms with van der Waals surface area (Å²) >= 11 is 0. The summed E-state index contributed by atoms with van der Waals surface area (Å²) in [6, 6.07) is 8.28. The lowest BCUT2D eigenvalue weighted by atomic mass is 9.84. The van der Waals surface area contributed by atoms with E-state index in [9.17, 15) is 13.2 Å². The molecule has 1 aliphatic carbocycles. The second kappa shape index (κ2) is 7.26. The molecule has 2 aliphatic rings. The molecular formula is C19H27NO3S. The van der Waals surface area contributed by atoms with E-state index in [0.717, 1.165) is 5.56 Å². The van der Waals surface area contributed by atoms with Crippen molar-refractivity contribution < 1.29 is 13.2 Å². The fourth-order valence-corrected chi connectivity index (χ4v) is 5.70. The van der Waals surface area contributed by atoms with Crippen molar-refractivity contribution in [2.75, 3.05) is 18.6 Å². The molecular weight excluding hydrogens is 322 g/mol. The lowest BCUT2D eigenvalue weighted by Gasteiger charge is -2.24. The van der Waals surface area contributed by atoms with Crippen LogP contribution in [0.3, 0.4) is 0 Å². The van der Waals surface area contributed by atoms with Crippen molar-refractivity contribution in [1.82, 2.24) is 4.90 Å². The maximum atomic E-state index is 12.4. The summed E-state index contributed by atoms with van der Waals surface area (Å²) in [5.41, 5.74) is 2.40. The van der Waals surface area contributed by atoms with Crippen molar-refractivity contribution >= 4 is 15.7 Å². The van der Waals surface area contributed by atoms with Crippen molar-refractivity contribution in [3.05, 3.63) is 35.4 Å². The smallest absolute Gasteiger partial charge is 0.227 e. The van der Waals surface area contributed by atoms with Crippen LogP contribution < -0.4 is 0 Å². The third kappa shape index (κ3) is 4.18. The Balaban J connectivity index is 1.58. The van der Waals surface area contributed by atoms with Crippen LogP contribution in [0.25, 0.3) is 0 Å². The van der Waals surface area contributed by atoms with Crippen LogP contribution in [-0.4, -0.2) is 43.8 Å². The first-order valence-electron chi connectivity index (χ1n) is 8.99. The zero-order valence-electron chi connectivity index (χ0n) is 14.4. The molecule has 1 aromatic carbocycles. The highest BCUT2D eigenvalue weighted by atomic mass is 32.2. The van der Waals surface area contributed by atoms with Gasteiger partial charge < -0.3 is 4.90 Å². The summed E-state index contributed by atoms with van der Waals surface area (Å²) < 4.78 is 23.2. The normalized spacial score (nSPS) is 24.0.